The number of hydrogen-bond donors (Lipinski definition) is 0. The molecule has 0 aliphatic carbocycles. The molecule has 1 fully saturated rings. The largest absolute Gasteiger partial charge is 0.354 e. The van der Waals surface area contributed by atoms with Crippen molar-refractivity contribution in [1.29, 1.82) is 0 Å². The van der Waals surface area contributed by atoms with Gasteiger partial charge in [0.15, 0.2) is 0 Å². The van der Waals surface area contributed by atoms with Crippen LogP contribution >= 0.6 is 0 Å². The van der Waals surface area contributed by atoms with Crippen LogP contribution in [0.15, 0.2) is 42.7 Å². The maximum absolute atomic E-state index is 4.43. The van der Waals surface area contributed by atoms with Crippen LogP contribution in [0.2, 0.25) is 0 Å². The third-order valence-corrected chi connectivity index (χ3v) is 4.33. The summed E-state index contributed by atoms with van der Waals surface area (Å²) in [6.07, 6.45) is 3.79. The molecule has 1 aromatic carbocycles. The molecule has 1 aliphatic rings. The van der Waals surface area contributed by atoms with Crippen LogP contribution < -0.4 is 4.90 Å². The van der Waals surface area contributed by atoms with E-state index in [2.05, 4.69) is 63.1 Å². The van der Waals surface area contributed by atoms with E-state index in [1.807, 2.05) is 0 Å². The lowest BCUT2D eigenvalue weighted by molar-refractivity contribution is 0.260. The van der Waals surface area contributed by atoms with Gasteiger partial charge in [0.1, 0.15) is 12.1 Å². The summed E-state index contributed by atoms with van der Waals surface area (Å²) in [5.74, 6) is 1.08. The molecular weight excluding hydrogens is 272 g/mol. The second kappa shape index (κ2) is 7.36. The standard InChI is InChI=1S/C18H24N4/c1-2-17-14-18(20-15-19-17)22-12-10-21(11-13-22)9-8-16-6-4-3-5-7-16/h3-7,14-15H,2,8-13H2,1H3. The van der Waals surface area contributed by atoms with E-state index in [9.17, 15) is 0 Å². The molecule has 0 N–H and O–H groups in total. The molecule has 0 spiro atoms. The monoisotopic (exact) mass is 296 g/mol. The minimum Gasteiger partial charge on any atom is -0.354 e. The minimum atomic E-state index is 0.965. The van der Waals surface area contributed by atoms with E-state index in [0.717, 1.165) is 57.1 Å². The van der Waals surface area contributed by atoms with Crippen molar-refractivity contribution in [2.45, 2.75) is 19.8 Å². The highest BCUT2D eigenvalue weighted by atomic mass is 15.3. The zero-order chi connectivity index (χ0) is 15.2. The molecule has 0 bridgehead atoms. The van der Waals surface area contributed by atoms with Crippen molar-refractivity contribution in [3.63, 3.8) is 0 Å². The summed E-state index contributed by atoms with van der Waals surface area (Å²) in [5.41, 5.74) is 2.55. The maximum atomic E-state index is 4.43. The zero-order valence-electron chi connectivity index (χ0n) is 13.3. The summed E-state index contributed by atoms with van der Waals surface area (Å²) in [6, 6.07) is 12.9. The quantitative estimate of drug-likeness (QED) is 0.848. The number of benzene rings is 1. The Kier molecular flexibility index (Phi) is 5.01. The predicted molar refractivity (Wildman–Crippen MR) is 90.2 cm³/mol. The summed E-state index contributed by atoms with van der Waals surface area (Å²) in [6.45, 7) is 7.59. The number of anilines is 1. The van der Waals surface area contributed by atoms with Crippen LogP contribution in [-0.2, 0) is 12.8 Å². The summed E-state index contributed by atoms with van der Waals surface area (Å²) in [4.78, 5) is 13.6. The summed E-state index contributed by atoms with van der Waals surface area (Å²) < 4.78 is 0. The Morgan fingerprint density at radius 3 is 2.50 bits per heavy atom. The van der Waals surface area contributed by atoms with Crippen molar-refractivity contribution in [3.05, 3.63) is 54.0 Å². The second-order valence-electron chi connectivity index (χ2n) is 5.79. The molecule has 4 heteroatoms. The summed E-state index contributed by atoms with van der Waals surface area (Å²) in [7, 11) is 0. The van der Waals surface area contributed by atoms with Crippen molar-refractivity contribution < 1.29 is 0 Å². The van der Waals surface area contributed by atoms with Crippen LogP contribution in [0.1, 0.15) is 18.2 Å². The average molecular weight is 296 g/mol. The van der Waals surface area contributed by atoms with E-state index < -0.39 is 0 Å². The fourth-order valence-corrected chi connectivity index (χ4v) is 2.88. The van der Waals surface area contributed by atoms with Crippen LogP contribution in [0, 0.1) is 0 Å². The van der Waals surface area contributed by atoms with Crippen LogP contribution in [0.4, 0.5) is 5.82 Å². The number of nitrogens with zero attached hydrogens (tertiary/aromatic N) is 4. The Hall–Kier alpha value is -1.94. The smallest absolute Gasteiger partial charge is 0.132 e. The molecule has 1 aliphatic heterocycles. The molecule has 0 unspecified atom stereocenters. The third-order valence-electron chi connectivity index (χ3n) is 4.33. The van der Waals surface area contributed by atoms with E-state index in [1.165, 1.54) is 5.56 Å². The normalized spacial score (nSPS) is 16.0. The van der Waals surface area contributed by atoms with Crippen molar-refractivity contribution >= 4 is 5.82 Å². The van der Waals surface area contributed by atoms with Gasteiger partial charge < -0.3 is 4.90 Å². The zero-order valence-corrected chi connectivity index (χ0v) is 13.3. The average Bonchev–Trinajstić information content (AvgIpc) is 2.61. The fraction of sp³-hybridized carbons (Fsp3) is 0.444. The lowest BCUT2D eigenvalue weighted by Gasteiger charge is -2.35. The molecule has 0 amide bonds. The van der Waals surface area contributed by atoms with E-state index >= 15 is 0 Å². The minimum absolute atomic E-state index is 0.965. The van der Waals surface area contributed by atoms with Gasteiger partial charge in [-0.15, -0.1) is 0 Å². The highest BCUT2D eigenvalue weighted by Gasteiger charge is 2.18. The van der Waals surface area contributed by atoms with Gasteiger partial charge >= 0.3 is 0 Å². The van der Waals surface area contributed by atoms with Gasteiger partial charge in [0.05, 0.1) is 0 Å². The Bertz CT molecular complexity index is 577. The first kappa shape index (κ1) is 15.0. The molecule has 2 aromatic rings. The number of hydrogen-bond acceptors (Lipinski definition) is 4. The van der Waals surface area contributed by atoms with E-state index in [-0.39, 0.29) is 0 Å². The topological polar surface area (TPSA) is 32.3 Å². The molecular formula is C18H24N4. The molecule has 22 heavy (non-hydrogen) atoms. The number of aryl methyl sites for hydroxylation is 1. The Labute approximate surface area is 132 Å². The molecule has 0 atom stereocenters. The lowest BCUT2D eigenvalue weighted by atomic mass is 10.1. The van der Waals surface area contributed by atoms with Crippen molar-refractivity contribution in [3.8, 4) is 0 Å². The highest BCUT2D eigenvalue weighted by molar-refractivity contribution is 5.39. The van der Waals surface area contributed by atoms with Gasteiger partial charge in [0, 0.05) is 44.5 Å². The van der Waals surface area contributed by atoms with Gasteiger partial charge in [-0.2, -0.15) is 0 Å². The molecule has 0 saturated carbocycles. The molecule has 1 saturated heterocycles. The van der Waals surface area contributed by atoms with Crippen LogP contribution in [0.5, 0.6) is 0 Å². The number of piperazine rings is 1. The van der Waals surface area contributed by atoms with E-state index in [1.54, 1.807) is 6.33 Å². The summed E-state index contributed by atoms with van der Waals surface area (Å²) >= 11 is 0. The van der Waals surface area contributed by atoms with Gasteiger partial charge in [-0.05, 0) is 18.4 Å². The Morgan fingerprint density at radius 2 is 1.77 bits per heavy atom. The van der Waals surface area contributed by atoms with E-state index in [4.69, 9.17) is 0 Å². The van der Waals surface area contributed by atoms with Gasteiger partial charge in [0.2, 0.25) is 0 Å². The number of aromatic nitrogens is 2. The van der Waals surface area contributed by atoms with Crippen molar-refractivity contribution in [2.75, 3.05) is 37.6 Å². The predicted octanol–water partition coefficient (Wildman–Crippen LogP) is 2.40. The second-order valence-corrected chi connectivity index (χ2v) is 5.79. The van der Waals surface area contributed by atoms with Crippen molar-refractivity contribution in [2.24, 2.45) is 0 Å². The molecule has 0 radical (unpaired) electrons. The van der Waals surface area contributed by atoms with Gasteiger partial charge in [-0.1, -0.05) is 37.3 Å². The Balaban J connectivity index is 1.49. The van der Waals surface area contributed by atoms with Crippen LogP contribution in [0.3, 0.4) is 0 Å². The fourth-order valence-electron chi connectivity index (χ4n) is 2.88. The number of rotatable bonds is 5. The first-order valence-electron chi connectivity index (χ1n) is 8.17. The first-order valence-corrected chi connectivity index (χ1v) is 8.17. The first-order chi connectivity index (χ1) is 10.8. The SMILES string of the molecule is CCc1cc(N2CCN(CCc3ccccc3)CC2)ncn1. The molecule has 2 heterocycles. The Morgan fingerprint density at radius 1 is 1.00 bits per heavy atom. The molecule has 1 aromatic heterocycles. The van der Waals surface area contributed by atoms with Gasteiger partial charge in [-0.25, -0.2) is 9.97 Å². The highest BCUT2D eigenvalue weighted by Crippen LogP contribution is 2.14. The molecule has 3 rings (SSSR count). The lowest BCUT2D eigenvalue weighted by Crippen LogP contribution is -2.47. The van der Waals surface area contributed by atoms with E-state index in [0.29, 0.717) is 0 Å². The van der Waals surface area contributed by atoms with Crippen LogP contribution in [-0.4, -0.2) is 47.6 Å². The van der Waals surface area contributed by atoms with Gasteiger partial charge in [-0.3, -0.25) is 4.90 Å². The van der Waals surface area contributed by atoms with Gasteiger partial charge in [0.25, 0.3) is 0 Å². The maximum Gasteiger partial charge on any atom is 0.132 e. The summed E-state index contributed by atoms with van der Waals surface area (Å²) in [5, 5.41) is 0. The van der Waals surface area contributed by atoms with Crippen molar-refractivity contribution in [1.82, 2.24) is 14.9 Å². The van der Waals surface area contributed by atoms with Crippen LogP contribution in [0.25, 0.3) is 0 Å². The molecule has 4 nitrogen and oxygen atoms in total. The third kappa shape index (κ3) is 3.83. The molecule has 116 valence electrons.